The third kappa shape index (κ3) is 6.14. The Hall–Kier alpha value is -1.59. The summed E-state index contributed by atoms with van der Waals surface area (Å²) in [6.45, 7) is 8.22. The van der Waals surface area contributed by atoms with Gasteiger partial charge in [0, 0.05) is 27.2 Å². The van der Waals surface area contributed by atoms with E-state index in [4.69, 9.17) is 0 Å². The fraction of sp³-hybridized carbons (Fsp3) is 0.800. The molecule has 0 saturated heterocycles. The van der Waals surface area contributed by atoms with Crippen molar-refractivity contribution >= 4 is 17.8 Å². The first-order chi connectivity index (χ1) is 10.1. The monoisotopic (exact) mass is 294 g/mol. The highest BCUT2D eigenvalue weighted by Crippen LogP contribution is 2.15. The van der Waals surface area contributed by atoms with E-state index in [2.05, 4.69) is 39.4 Å². The zero-order valence-corrected chi connectivity index (χ0v) is 14.1. The van der Waals surface area contributed by atoms with Crippen molar-refractivity contribution < 1.29 is 0 Å². The lowest BCUT2D eigenvalue weighted by atomic mass is 9.99. The van der Waals surface area contributed by atoms with Crippen molar-refractivity contribution in [3.8, 4) is 0 Å². The highest BCUT2D eigenvalue weighted by atomic mass is 15.3. The summed E-state index contributed by atoms with van der Waals surface area (Å²) < 4.78 is 0. The number of unbranched alkanes of at least 4 members (excludes halogenated alkanes) is 1. The van der Waals surface area contributed by atoms with Gasteiger partial charge in [-0.1, -0.05) is 33.1 Å². The van der Waals surface area contributed by atoms with Crippen LogP contribution in [-0.2, 0) is 0 Å². The van der Waals surface area contributed by atoms with Crippen molar-refractivity contribution in [2.75, 3.05) is 42.7 Å². The van der Waals surface area contributed by atoms with Gasteiger partial charge in [-0.2, -0.15) is 15.0 Å². The molecular weight excluding hydrogens is 264 g/mol. The normalized spacial score (nSPS) is 12.0. The van der Waals surface area contributed by atoms with Gasteiger partial charge in [-0.25, -0.2) is 0 Å². The Bertz CT molecular complexity index is 407. The third-order valence-electron chi connectivity index (χ3n) is 3.45. The van der Waals surface area contributed by atoms with Crippen molar-refractivity contribution in [3.05, 3.63) is 0 Å². The van der Waals surface area contributed by atoms with E-state index in [1.807, 2.05) is 25.9 Å². The number of rotatable bonds is 10. The summed E-state index contributed by atoms with van der Waals surface area (Å²) in [4.78, 5) is 15.1. The standard InChI is InChI=1S/C15H30N6/c1-6-9-10-12(7-2)11-17-14-18-13(16-8-3)19-15(20-14)21(4)5/h12H,6-11H2,1-5H3,(H2,16,17,18,19,20). The zero-order valence-electron chi connectivity index (χ0n) is 14.1. The first kappa shape index (κ1) is 17.5. The highest BCUT2D eigenvalue weighted by molar-refractivity contribution is 5.42. The quantitative estimate of drug-likeness (QED) is 0.691. The van der Waals surface area contributed by atoms with Crippen LogP contribution < -0.4 is 15.5 Å². The number of nitrogens with one attached hydrogen (secondary N) is 2. The van der Waals surface area contributed by atoms with Gasteiger partial charge in [0.05, 0.1) is 0 Å². The lowest BCUT2D eigenvalue weighted by Crippen LogP contribution is -2.19. The molecule has 1 unspecified atom stereocenters. The van der Waals surface area contributed by atoms with Gasteiger partial charge in [-0.15, -0.1) is 0 Å². The van der Waals surface area contributed by atoms with Crippen LogP contribution >= 0.6 is 0 Å². The molecule has 21 heavy (non-hydrogen) atoms. The van der Waals surface area contributed by atoms with Crippen LogP contribution in [0.25, 0.3) is 0 Å². The minimum atomic E-state index is 0.625. The molecule has 1 aromatic rings. The maximum atomic E-state index is 4.45. The zero-order chi connectivity index (χ0) is 15.7. The average molecular weight is 294 g/mol. The molecule has 0 aliphatic heterocycles. The first-order valence-corrected chi connectivity index (χ1v) is 8.01. The minimum absolute atomic E-state index is 0.625. The first-order valence-electron chi connectivity index (χ1n) is 8.01. The average Bonchev–Trinajstić information content (AvgIpc) is 2.47. The van der Waals surface area contributed by atoms with Crippen LogP contribution in [0.5, 0.6) is 0 Å². The van der Waals surface area contributed by atoms with E-state index in [0.29, 0.717) is 23.8 Å². The van der Waals surface area contributed by atoms with E-state index in [9.17, 15) is 0 Å². The highest BCUT2D eigenvalue weighted by Gasteiger charge is 2.10. The number of hydrogen-bond donors (Lipinski definition) is 2. The molecule has 0 bridgehead atoms. The van der Waals surface area contributed by atoms with Gasteiger partial charge in [0.15, 0.2) is 0 Å². The van der Waals surface area contributed by atoms with Crippen LogP contribution in [0.3, 0.4) is 0 Å². The molecule has 0 saturated carbocycles. The van der Waals surface area contributed by atoms with E-state index in [1.165, 1.54) is 25.7 Å². The van der Waals surface area contributed by atoms with Gasteiger partial charge in [0.25, 0.3) is 0 Å². The summed E-state index contributed by atoms with van der Waals surface area (Å²) in [5.74, 6) is 2.62. The summed E-state index contributed by atoms with van der Waals surface area (Å²) in [7, 11) is 3.87. The van der Waals surface area contributed by atoms with Gasteiger partial charge in [-0.3, -0.25) is 0 Å². The van der Waals surface area contributed by atoms with E-state index >= 15 is 0 Å². The molecule has 0 aliphatic carbocycles. The van der Waals surface area contributed by atoms with Crippen LogP contribution in [0.4, 0.5) is 17.8 Å². The van der Waals surface area contributed by atoms with Crippen molar-refractivity contribution in [1.29, 1.82) is 0 Å². The number of hydrogen-bond acceptors (Lipinski definition) is 6. The van der Waals surface area contributed by atoms with Gasteiger partial charge in [-0.05, 0) is 19.3 Å². The second kappa shape index (κ2) is 9.37. The van der Waals surface area contributed by atoms with Crippen LogP contribution in [0.15, 0.2) is 0 Å². The Morgan fingerprint density at radius 3 is 2.19 bits per heavy atom. The molecule has 0 spiro atoms. The van der Waals surface area contributed by atoms with Crippen LogP contribution in [0.1, 0.15) is 46.5 Å². The van der Waals surface area contributed by atoms with Crippen molar-refractivity contribution in [3.63, 3.8) is 0 Å². The molecule has 0 aliphatic rings. The van der Waals surface area contributed by atoms with E-state index in [1.54, 1.807) is 0 Å². The molecule has 1 aromatic heterocycles. The second-order valence-electron chi connectivity index (χ2n) is 5.50. The Morgan fingerprint density at radius 1 is 1.00 bits per heavy atom. The molecule has 0 radical (unpaired) electrons. The van der Waals surface area contributed by atoms with Gasteiger partial charge in [0.2, 0.25) is 17.8 Å². The molecule has 6 nitrogen and oxygen atoms in total. The van der Waals surface area contributed by atoms with E-state index in [-0.39, 0.29) is 0 Å². The second-order valence-corrected chi connectivity index (χ2v) is 5.50. The lowest BCUT2D eigenvalue weighted by Gasteiger charge is -2.17. The summed E-state index contributed by atoms with van der Waals surface area (Å²) in [5.41, 5.74) is 0. The van der Waals surface area contributed by atoms with Gasteiger partial charge in [0.1, 0.15) is 0 Å². The molecule has 2 N–H and O–H groups in total. The van der Waals surface area contributed by atoms with Crippen molar-refractivity contribution in [1.82, 2.24) is 15.0 Å². The van der Waals surface area contributed by atoms with Crippen LogP contribution in [0.2, 0.25) is 0 Å². The summed E-state index contributed by atoms with van der Waals surface area (Å²) >= 11 is 0. The number of nitrogens with zero attached hydrogens (tertiary/aromatic N) is 4. The van der Waals surface area contributed by atoms with E-state index in [0.717, 1.165) is 13.1 Å². The Kier molecular flexibility index (Phi) is 7.79. The third-order valence-corrected chi connectivity index (χ3v) is 3.45. The predicted molar refractivity (Wildman–Crippen MR) is 90.1 cm³/mol. The molecule has 0 amide bonds. The smallest absolute Gasteiger partial charge is 0.231 e. The van der Waals surface area contributed by atoms with Crippen LogP contribution in [0, 0.1) is 5.92 Å². The fourth-order valence-electron chi connectivity index (χ4n) is 2.06. The van der Waals surface area contributed by atoms with Crippen molar-refractivity contribution in [2.24, 2.45) is 5.92 Å². The van der Waals surface area contributed by atoms with Crippen molar-refractivity contribution in [2.45, 2.75) is 46.5 Å². The summed E-state index contributed by atoms with van der Waals surface area (Å²) in [6.07, 6.45) is 4.96. The summed E-state index contributed by atoms with van der Waals surface area (Å²) in [5, 5.41) is 6.52. The van der Waals surface area contributed by atoms with Gasteiger partial charge < -0.3 is 15.5 Å². The maximum Gasteiger partial charge on any atom is 0.231 e. The molecule has 6 heteroatoms. The summed E-state index contributed by atoms with van der Waals surface area (Å²) in [6, 6.07) is 0. The molecule has 0 aromatic carbocycles. The lowest BCUT2D eigenvalue weighted by molar-refractivity contribution is 0.471. The maximum absolute atomic E-state index is 4.45. The molecular formula is C15H30N6. The Morgan fingerprint density at radius 2 is 1.67 bits per heavy atom. The number of anilines is 3. The van der Waals surface area contributed by atoms with E-state index < -0.39 is 0 Å². The molecule has 1 atom stereocenters. The molecule has 1 rings (SSSR count). The fourth-order valence-corrected chi connectivity index (χ4v) is 2.06. The topological polar surface area (TPSA) is 66.0 Å². The van der Waals surface area contributed by atoms with Crippen LogP contribution in [-0.4, -0.2) is 42.1 Å². The molecule has 0 fully saturated rings. The van der Waals surface area contributed by atoms with Gasteiger partial charge >= 0.3 is 0 Å². The number of aromatic nitrogens is 3. The molecule has 1 heterocycles. The molecule has 120 valence electrons. The Balaban J connectivity index is 2.71. The minimum Gasteiger partial charge on any atom is -0.354 e. The predicted octanol–water partition coefficient (Wildman–Crippen LogP) is 3.00. The Labute approximate surface area is 128 Å². The largest absolute Gasteiger partial charge is 0.354 e. The SMILES string of the molecule is CCCCC(CC)CNc1nc(NCC)nc(N(C)C)n1.